The minimum Gasteiger partial charge on any atom is -0.330 e. The Balaban J connectivity index is 0.00000220. The first-order chi connectivity index (χ1) is 9.45. The van der Waals surface area contributed by atoms with Crippen LogP contribution in [0.1, 0.15) is 19.3 Å². The lowest BCUT2D eigenvalue weighted by Gasteiger charge is -2.31. The summed E-state index contributed by atoms with van der Waals surface area (Å²) in [7, 11) is -3.99. The van der Waals surface area contributed by atoms with Crippen molar-refractivity contribution in [3.05, 3.63) is 29.8 Å². The Morgan fingerprint density at radius 1 is 1.33 bits per heavy atom. The summed E-state index contributed by atoms with van der Waals surface area (Å²) >= 11 is 0. The van der Waals surface area contributed by atoms with Crippen molar-refractivity contribution in [2.24, 2.45) is 11.7 Å². The van der Waals surface area contributed by atoms with Crippen LogP contribution in [0.2, 0.25) is 0 Å². The van der Waals surface area contributed by atoms with Gasteiger partial charge in [-0.1, -0.05) is 0 Å². The molecule has 1 heterocycles. The van der Waals surface area contributed by atoms with Crippen molar-refractivity contribution in [2.45, 2.75) is 24.2 Å². The first kappa shape index (κ1) is 18.3. The molecule has 0 saturated carbocycles. The van der Waals surface area contributed by atoms with Gasteiger partial charge in [-0.05, 0) is 49.9 Å². The first-order valence-electron chi connectivity index (χ1n) is 6.60. The molecule has 1 saturated heterocycles. The van der Waals surface area contributed by atoms with Crippen molar-refractivity contribution < 1.29 is 17.2 Å². The van der Waals surface area contributed by atoms with Gasteiger partial charge in [0.2, 0.25) is 10.0 Å². The van der Waals surface area contributed by atoms with Gasteiger partial charge in [0, 0.05) is 13.1 Å². The number of benzene rings is 1. The van der Waals surface area contributed by atoms with Crippen LogP contribution in [0.25, 0.3) is 0 Å². The van der Waals surface area contributed by atoms with Crippen molar-refractivity contribution in [1.82, 2.24) is 4.31 Å². The van der Waals surface area contributed by atoms with Gasteiger partial charge in [0.05, 0.1) is 0 Å². The number of sulfonamides is 1. The lowest BCUT2D eigenvalue weighted by molar-refractivity contribution is 0.257. The van der Waals surface area contributed by atoms with E-state index >= 15 is 0 Å². The maximum absolute atomic E-state index is 13.7. The first-order valence-corrected chi connectivity index (χ1v) is 8.04. The molecule has 0 aliphatic carbocycles. The van der Waals surface area contributed by atoms with Crippen molar-refractivity contribution in [2.75, 3.05) is 19.6 Å². The van der Waals surface area contributed by atoms with Gasteiger partial charge >= 0.3 is 0 Å². The molecule has 2 N–H and O–H groups in total. The molecule has 1 aromatic carbocycles. The number of piperidine rings is 1. The number of nitrogens with zero attached hydrogens (tertiary/aromatic N) is 1. The molecule has 0 aromatic heterocycles. The van der Waals surface area contributed by atoms with Gasteiger partial charge in [0.25, 0.3) is 0 Å². The third kappa shape index (κ3) is 4.12. The largest absolute Gasteiger partial charge is 0.330 e. The molecule has 0 bridgehead atoms. The van der Waals surface area contributed by atoms with Gasteiger partial charge in [-0.25, -0.2) is 17.2 Å². The predicted octanol–water partition coefficient (Wildman–Crippen LogP) is 2.14. The minimum absolute atomic E-state index is 0. The van der Waals surface area contributed by atoms with E-state index in [4.69, 9.17) is 5.73 Å². The zero-order valence-corrected chi connectivity index (χ0v) is 13.1. The summed E-state index contributed by atoms with van der Waals surface area (Å²) in [5.41, 5.74) is 5.49. The fourth-order valence-corrected chi connectivity index (χ4v) is 4.16. The van der Waals surface area contributed by atoms with Gasteiger partial charge in [0.15, 0.2) is 0 Å². The second kappa shape index (κ2) is 7.49. The van der Waals surface area contributed by atoms with Gasteiger partial charge < -0.3 is 5.73 Å². The van der Waals surface area contributed by atoms with Gasteiger partial charge in [-0.2, -0.15) is 4.31 Å². The van der Waals surface area contributed by atoms with Crippen molar-refractivity contribution in [3.8, 4) is 0 Å². The molecule has 8 heteroatoms. The van der Waals surface area contributed by atoms with Crippen LogP contribution in [0.15, 0.2) is 23.1 Å². The Bertz CT molecular complexity index is 582. The van der Waals surface area contributed by atoms with Gasteiger partial charge in [-0.3, -0.25) is 0 Å². The lowest BCUT2D eigenvalue weighted by atomic mass is 9.96. The topological polar surface area (TPSA) is 63.4 Å². The SMILES string of the molecule is Cl.NCCC1CCCN(S(=O)(=O)c2cc(F)ccc2F)C1. The minimum atomic E-state index is -3.99. The monoisotopic (exact) mass is 340 g/mol. The number of hydrogen-bond donors (Lipinski definition) is 1. The summed E-state index contributed by atoms with van der Waals surface area (Å²) in [6.07, 6.45) is 2.35. The van der Waals surface area contributed by atoms with E-state index in [1.54, 1.807) is 0 Å². The summed E-state index contributed by atoms with van der Waals surface area (Å²) in [5, 5.41) is 0. The van der Waals surface area contributed by atoms with E-state index in [-0.39, 0.29) is 18.3 Å². The molecule has 1 aliphatic heterocycles. The Labute approximate surface area is 129 Å². The Hall–Kier alpha value is -0.760. The Kier molecular flexibility index (Phi) is 6.52. The van der Waals surface area contributed by atoms with Crippen LogP contribution in [-0.2, 0) is 10.0 Å². The van der Waals surface area contributed by atoms with Gasteiger partial charge in [-0.15, -0.1) is 12.4 Å². The van der Waals surface area contributed by atoms with Crippen molar-refractivity contribution in [3.63, 3.8) is 0 Å². The maximum Gasteiger partial charge on any atom is 0.246 e. The van der Waals surface area contributed by atoms with Crippen molar-refractivity contribution in [1.29, 1.82) is 0 Å². The van der Waals surface area contributed by atoms with E-state index in [1.807, 2.05) is 0 Å². The second-order valence-corrected chi connectivity index (χ2v) is 6.93. The standard InChI is InChI=1S/C13H18F2N2O2S.ClH/c14-11-3-4-12(15)13(8-11)20(18,19)17-7-1-2-10(9-17)5-6-16;/h3-4,8,10H,1-2,5-7,9,16H2;1H. The summed E-state index contributed by atoms with van der Waals surface area (Å²) in [4.78, 5) is -0.592. The zero-order valence-electron chi connectivity index (χ0n) is 11.5. The van der Waals surface area contributed by atoms with Crippen LogP contribution in [0.4, 0.5) is 8.78 Å². The van der Waals surface area contributed by atoms with E-state index < -0.39 is 26.6 Å². The van der Waals surface area contributed by atoms with Crippen LogP contribution in [0, 0.1) is 17.6 Å². The fourth-order valence-electron chi connectivity index (χ4n) is 2.53. The highest BCUT2D eigenvalue weighted by Crippen LogP contribution is 2.26. The van der Waals surface area contributed by atoms with Crippen LogP contribution in [0.5, 0.6) is 0 Å². The number of nitrogens with two attached hydrogens (primary N) is 1. The molecule has 2 rings (SSSR count). The molecule has 1 unspecified atom stereocenters. The zero-order chi connectivity index (χ0) is 14.8. The number of halogens is 3. The van der Waals surface area contributed by atoms with E-state index in [9.17, 15) is 17.2 Å². The Morgan fingerprint density at radius 3 is 2.71 bits per heavy atom. The lowest BCUT2D eigenvalue weighted by Crippen LogP contribution is -2.40. The third-order valence-electron chi connectivity index (χ3n) is 3.57. The highest BCUT2D eigenvalue weighted by Gasteiger charge is 2.32. The maximum atomic E-state index is 13.7. The van der Waals surface area contributed by atoms with E-state index in [1.165, 1.54) is 4.31 Å². The molecular weight excluding hydrogens is 322 g/mol. The van der Waals surface area contributed by atoms with E-state index in [0.29, 0.717) is 26.1 Å². The Morgan fingerprint density at radius 2 is 2.05 bits per heavy atom. The average molecular weight is 341 g/mol. The fraction of sp³-hybridized carbons (Fsp3) is 0.538. The molecule has 0 radical (unpaired) electrons. The van der Waals surface area contributed by atoms with Crippen molar-refractivity contribution >= 4 is 22.4 Å². The smallest absolute Gasteiger partial charge is 0.246 e. The highest BCUT2D eigenvalue weighted by atomic mass is 35.5. The second-order valence-electron chi connectivity index (χ2n) is 5.02. The quantitative estimate of drug-likeness (QED) is 0.913. The molecule has 0 amide bonds. The average Bonchev–Trinajstić information content (AvgIpc) is 2.42. The van der Waals surface area contributed by atoms with Gasteiger partial charge in [0.1, 0.15) is 16.5 Å². The summed E-state index contributed by atoms with van der Waals surface area (Å²) in [6.45, 7) is 1.14. The van der Waals surface area contributed by atoms with Crippen LogP contribution < -0.4 is 5.73 Å². The molecule has 1 fully saturated rings. The molecular formula is C13H19ClF2N2O2S. The van der Waals surface area contributed by atoms with E-state index in [2.05, 4.69) is 0 Å². The summed E-state index contributed by atoms with van der Waals surface area (Å²) < 4.78 is 52.9. The number of hydrogen-bond acceptors (Lipinski definition) is 3. The molecule has 0 spiro atoms. The van der Waals surface area contributed by atoms with Crippen LogP contribution in [-0.4, -0.2) is 32.4 Å². The third-order valence-corrected chi connectivity index (χ3v) is 5.45. The van der Waals surface area contributed by atoms with Crippen LogP contribution in [0.3, 0.4) is 0 Å². The van der Waals surface area contributed by atoms with Crippen LogP contribution >= 0.6 is 12.4 Å². The summed E-state index contributed by atoms with van der Waals surface area (Å²) in [6, 6.07) is 2.47. The molecule has 1 aromatic rings. The normalized spacial score (nSPS) is 20.0. The molecule has 1 aliphatic rings. The molecule has 21 heavy (non-hydrogen) atoms. The molecule has 120 valence electrons. The summed E-state index contributed by atoms with van der Waals surface area (Å²) in [5.74, 6) is -1.51. The molecule has 1 atom stereocenters. The highest BCUT2D eigenvalue weighted by molar-refractivity contribution is 7.89. The predicted molar refractivity (Wildman–Crippen MR) is 78.8 cm³/mol. The van der Waals surface area contributed by atoms with E-state index in [0.717, 1.165) is 31.0 Å². The number of rotatable bonds is 4. The molecule has 4 nitrogen and oxygen atoms in total.